The van der Waals surface area contributed by atoms with Crippen molar-refractivity contribution in [3.05, 3.63) is 58.9 Å². The summed E-state index contributed by atoms with van der Waals surface area (Å²) in [5.41, 5.74) is 3.12. The number of hydrogen-bond acceptors (Lipinski definition) is 3. The van der Waals surface area contributed by atoms with E-state index in [1.165, 1.54) is 5.56 Å². The van der Waals surface area contributed by atoms with Crippen molar-refractivity contribution in [2.75, 3.05) is 32.5 Å². The summed E-state index contributed by atoms with van der Waals surface area (Å²) in [4.78, 5) is 8.46. The van der Waals surface area contributed by atoms with Crippen molar-refractivity contribution < 1.29 is 0 Å². The molecule has 25 heavy (non-hydrogen) atoms. The smallest absolute Gasteiger partial charge is 0.173 e. The summed E-state index contributed by atoms with van der Waals surface area (Å²) in [5, 5.41) is 4.79. The standard InChI is InChI=1S/C19H25ClN4S/c1-14-17(20)6-5-7-18(14)22-19(25)24(13-12-23(3)4)15(2)16-8-10-21-11-9-16/h5-11,15H,12-13H2,1-4H3,(H,22,25)/t15-/m0/s1. The van der Waals surface area contributed by atoms with Crippen LogP contribution in [-0.4, -0.2) is 47.1 Å². The summed E-state index contributed by atoms with van der Waals surface area (Å²) in [6.07, 6.45) is 3.63. The van der Waals surface area contributed by atoms with Crippen molar-refractivity contribution in [1.29, 1.82) is 0 Å². The summed E-state index contributed by atoms with van der Waals surface area (Å²) < 4.78 is 0. The van der Waals surface area contributed by atoms with Crippen molar-refractivity contribution in [3.8, 4) is 0 Å². The number of anilines is 1. The number of aromatic nitrogens is 1. The number of likely N-dealkylation sites (N-methyl/N-ethyl adjacent to an activating group) is 1. The second-order valence-electron chi connectivity index (χ2n) is 6.30. The second-order valence-corrected chi connectivity index (χ2v) is 7.09. The number of thiocarbonyl (C=S) groups is 1. The first-order chi connectivity index (χ1) is 11.9. The SMILES string of the molecule is Cc1c(Cl)cccc1NC(=S)N(CCN(C)C)[C@@H](C)c1ccncc1. The molecule has 0 saturated carbocycles. The maximum absolute atomic E-state index is 6.23. The van der Waals surface area contributed by atoms with Crippen LogP contribution in [0.2, 0.25) is 5.02 Å². The fraction of sp³-hybridized carbons (Fsp3) is 0.368. The topological polar surface area (TPSA) is 31.4 Å². The lowest BCUT2D eigenvalue weighted by molar-refractivity contribution is 0.289. The lowest BCUT2D eigenvalue weighted by Crippen LogP contribution is -2.41. The Hall–Kier alpha value is -1.69. The quantitative estimate of drug-likeness (QED) is 0.757. The monoisotopic (exact) mass is 376 g/mol. The number of hydrogen-bond donors (Lipinski definition) is 1. The minimum absolute atomic E-state index is 0.141. The molecule has 1 N–H and O–H groups in total. The summed E-state index contributed by atoms with van der Waals surface area (Å²) >= 11 is 12.0. The molecule has 0 aliphatic rings. The Kier molecular flexibility index (Phi) is 7.17. The molecule has 1 atom stereocenters. The van der Waals surface area contributed by atoms with Gasteiger partial charge in [-0.3, -0.25) is 4.98 Å². The predicted octanol–water partition coefficient (Wildman–Crippen LogP) is 4.37. The van der Waals surface area contributed by atoms with Crippen LogP contribution >= 0.6 is 23.8 Å². The largest absolute Gasteiger partial charge is 0.341 e. The van der Waals surface area contributed by atoms with Crippen LogP contribution in [-0.2, 0) is 0 Å². The van der Waals surface area contributed by atoms with Crippen LogP contribution < -0.4 is 5.32 Å². The third-order valence-corrected chi connectivity index (χ3v) is 4.96. The molecule has 0 unspecified atom stereocenters. The highest BCUT2D eigenvalue weighted by Gasteiger charge is 2.19. The van der Waals surface area contributed by atoms with Crippen LogP contribution in [0.25, 0.3) is 0 Å². The molecule has 2 aromatic rings. The van der Waals surface area contributed by atoms with E-state index < -0.39 is 0 Å². The number of pyridine rings is 1. The Morgan fingerprint density at radius 1 is 1.20 bits per heavy atom. The first-order valence-electron chi connectivity index (χ1n) is 8.27. The Bertz CT molecular complexity index is 706. The normalized spacial score (nSPS) is 12.1. The second kappa shape index (κ2) is 9.13. The van der Waals surface area contributed by atoms with Gasteiger partial charge in [0.05, 0.1) is 6.04 Å². The zero-order valence-electron chi connectivity index (χ0n) is 15.2. The molecule has 0 fully saturated rings. The van der Waals surface area contributed by atoms with E-state index in [1.54, 1.807) is 0 Å². The zero-order chi connectivity index (χ0) is 18.4. The number of halogens is 1. The Morgan fingerprint density at radius 2 is 1.88 bits per heavy atom. The number of nitrogens with zero attached hydrogens (tertiary/aromatic N) is 3. The zero-order valence-corrected chi connectivity index (χ0v) is 16.7. The van der Waals surface area contributed by atoms with Gasteiger partial charge in [0.15, 0.2) is 5.11 Å². The van der Waals surface area contributed by atoms with Gasteiger partial charge in [-0.15, -0.1) is 0 Å². The van der Waals surface area contributed by atoms with Gasteiger partial charge in [0.2, 0.25) is 0 Å². The van der Waals surface area contributed by atoms with Gasteiger partial charge >= 0.3 is 0 Å². The molecule has 1 aromatic carbocycles. The van der Waals surface area contributed by atoms with E-state index in [2.05, 4.69) is 41.1 Å². The van der Waals surface area contributed by atoms with E-state index >= 15 is 0 Å². The van der Waals surface area contributed by atoms with E-state index in [4.69, 9.17) is 23.8 Å². The van der Waals surface area contributed by atoms with Gasteiger partial charge in [-0.05, 0) is 75.6 Å². The maximum atomic E-state index is 6.23. The highest BCUT2D eigenvalue weighted by molar-refractivity contribution is 7.80. The van der Waals surface area contributed by atoms with Gasteiger partial charge in [0.25, 0.3) is 0 Å². The van der Waals surface area contributed by atoms with Gasteiger partial charge in [-0.2, -0.15) is 0 Å². The van der Waals surface area contributed by atoms with E-state index in [1.807, 2.05) is 49.6 Å². The van der Waals surface area contributed by atoms with Gasteiger partial charge in [-0.1, -0.05) is 17.7 Å². The predicted molar refractivity (Wildman–Crippen MR) is 110 cm³/mol. The van der Waals surface area contributed by atoms with Crippen LogP contribution in [0.5, 0.6) is 0 Å². The van der Waals surface area contributed by atoms with Crippen molar-refractivity contribution in [2.45, 2.75) is 19.9 Å². The molecule has 1 aromatic heterocycles. The first-order valence-corrected chi connectivity index (χ1v) is 9.06. The Balaban J connectivity index is 2.21. The molecular weight excluding hydrogens is 352 g/mol. The molecule has 0 bridgehead atoms. The molecular formula is C19H25ClN4S. The van der Waals surface area contributed by atoms with Gasteiger partial charge in [0.1, 0.15) is 0 Å². The van der Waals surface area contributed by atoms with Crippen molar-refractivity contribution >= 4 is 34.6 Å². The Labute approximate surface area is 160 Å². The van der Waals surface area contributed by atoms with E-state index in [0.29, 0.717) is 5.11 Å². The fourth-order valence-electron chi connectivity index (χ4n) is 2.53. The molecule has 0 radical (unpaired) electrons. The molecule has 0 spiro atoms. The fourth-order valence-corrected chi connectivity index (χ4v) is 3.06. The number of nitrogens with one attached hydrogen (secondary N) is 1. The number of benzene rings is 1. The van der Waals surface area contributed by atoms with Crippen LogP contribution in [0.4, 0.5) is 5.69 Å². The van der Waals surface area contributed by atoms with Crippen LogP contribution in [0.15, 0.2) is 42.7 Å². The molecule has 2 rings (SSSR count). The van der Waals surface area contributed by atoms with Crippen molar-refractivity contribution in [3.63, 3.8) is 0 Å². The lowest BCUT2D eigenvalue weighted by Gasteiger charge is -2.33. The van der Waals surface area contributed by atoms with Crippen LogP contribution in [0, 0.1) is 6.92 Å². The van der Waals surface area contributed by atoms with Gasteiger partial charge in [-0.25, -0.2) is 0 Å². The molecule has 1 heterocycles. The molecule has 4 nitrogen and oxygen atoms in total. The minimum Gasteiger partial charge on any atom is -0.341 e. The molecule has 0 aliphatic carbocycles. The number of rotatable bonds is 6. The summed E-state index contributed by atoms with van der Waals surface area (Å²) in [6, 6.07) is 10.0. The molecule has 0 saturated heterocycles. The van der Waals surface area contributed by atoms with E-state index in [9.17, 15) is 0 Å². The Morgan fingerprint density at radius 3 is 2.52 bits per heavy atom. The third-order valence-electron chi connectivity index (χ3n) is 4.21. The van der Waals surface area contributed by atoms with Crippen molar-refractivity contribution in [2.24, 2.45) is 0 Å². The maximum Gasteiger partial charge on any atom is 0.173 e. The molecule has 6 heteroatoms. The molecule has 134 valence electrons. The average Bonchev–Trinajstić information content (AvgIpc) is 2.59. The van der Waals surface area contributed by atoms with E-state index in [0.717, 1.165) is 29.4 Å². The molecule has 0 amide bonds. The summed E-state index contributed by atoms with van der Waals surface area (Å²) in [6.45, 7) is 5.88. The lowest BCUT2D eigenvalue weighted by atomic mass is 10.1. The summed E-state index contributed by atoms with van der Waals surface area (Å²) in [7, 11) is 4.12. The third kappa shape index (κ3) is 5.39. The molecule has 0 aliphatic heterocycles. The van der Waals surface area contributed by atoms with Crippen LogP contribution in [0.1, 0.15) is 24.1 Å². The summed E-state index contributed by atoms with van der Waals surface area (Å²) in [5.74, 6) is 0. The first kappa shape index (κ1) is 19.6. The highest BCUT2D eigenvalue weighted by Crippen LogP contribution is 2.25. The van der Waals surface area contributed by atoms with Gasteiger partial charge in [0, 0.05) is 36.2 Å². The van der Waals surface area contributed by atoms with Crippen LogP contribution in [0.3, 0.4) is 0 Å². The average molecular weight is 377 g/mol. The van der Waals surface area contributed by atoms with Gasteiger partial charge < -0.3 is 15.1 Å². The van der Waals surface area contributed by atoms with E-state index in [-0.39, 0.29) is 6.04 Å². The minimum atomic E-state index is 0.141. The van der Waals surface area contributed by atoms with Crippen molar-refractivity contribution in [1.82, 2.24) is 14.8 Å². The highest BCUT2D eigenvalue weighted by atomic mass is 35.5.